The smallest absolute Gasteiger partial charge is 0.254 e. The Labute approximate surface area is 235 Å². The van der Waals surface area contributed by atoms with Gasteiger partial charge in [-0.3, -0.25) is 9.69 Å². The molecule has 1 amide bonds. The maximum Gasteiger partial charge on any atom is 0.254 e. The maximum absolute atomic E-state index is 13.7. The number of hydrogen-bond acceptors (Lipinski definition) is 7. The molecule has 0 saturated carbocycles. The van der Waals surface area contributed by atoms with Crippen LogP contribution in [-0.2, 0) is 26.9 Å². The number of carbonyl (C=O) groups is 1. The van der Waals surface area contributed by atoms with Gasteiger partial charge < -0.3 is 18.9 Å². The summed E-state index contributed by atoms with van der Waals surface area (Å²) in [5, 5.41) is 0.459. The van der Waals surface area contributed by atoms with E-state index < -0.39 is 9.84 Å². The Morgan fingerprint density at radius 3 is 2.51 bits per heavy atom. The molecular formula is C28H35ClN4O5S. The summed E-state index contributed by atoms with van der Waals surface area (Å²) in [4.78, 5) is 22.0. The van der Waals surface area contributed by atoms with E-state index in [1.807, 2.05) is 13.8 Å². The highest BCUT2D eigenvalue weighted by atomic mass is 35.5. The van der Waals surface area contributed by atoms with Crippen LogP contribution < -0.4 is 4.74 Å². The standard InChI is InChI=1S/C28H35ClN4O5S/c1-21(2)33-25(18-30-28(33)39(35,36)20-22-5-4-6-24(29)17-22)19-32(12-11-31-13-15-38-16-14-31)27(34)23-7-9-26(37-3)10-8-23/h4-10,17-18,21H,11-16,19-20H2,1-3H3. The molecule has 2 aromatic carbocycles. The molecule has 0 spiro atoms. The van der Waals surface area contributed by atoms with Gasteiger partial charge >= 0.3 is 0 Å². The van der Waals surface area contributed by atoms with E-state index in [9.17, 15) is 13.2 Å². The molecule has 39 heavy (non-hydrogen) atoms. The van der Waals surface area contributed by atoms with Crippen molar-refractivity contribution in [3.8, 4) is 5.75 Å². The highest BCUT2D eigenvalue weighted by molar-refractivity contribution is 7.90. The number of benzene rings is 2. The van der Waals surface area contributed by atoms with Crippen LogP contribution in [0.25, 0.3) is 0 Å². The number of amides is 1. The van der Waals surface area contributed by atoms with E-state index in [0.717, 1.165) is 13.1 Å². The summed E-state index contributed by atoms with van der Waals surface area (Å²) >= 11 is 6.08. The highest BCUT2D eigenvalue weighted by Gasteiger charge is 2.27. The SMILES string of the molecule is COc1ccc(C(=O)N(CCN2CCOCC2)Cc2cnc(S(=O)(=O)Cc3cccc(Cl)c3)n2C(C)C)cc1. The van der Waals surface area contributed by atoms with Crippen LogP contribution in [0.1, 0.15) is 41.5 Å². The van der Waals surface area contributed by atoms with Gasteiger partial charge in [0.05, 0.1) is 44.5 Å². The molecule has 1 fully saturated rings. The minimum absolute atomic E-state index is 0.0162. The third-order valence-corrected chi connectivity index (χ3v) is 8.45. The van der Waals surface area contributed by atoms with Crippen molar-refractivity contribution in [1.29, 1.82) is 0 Å². The minimum Gasteiger partial charge on any atom is -0.497 e. The van der Waals surface area contributed by atoms with E-state index in [1.165, 1.54) is 0 Å². The topological polar surface area (TPSA) is 94.0 Å². The predicted octanol–water partition coefficient (Wildman–Crippen LogP) is 4.07. The Hall–Kier alpha value is -2.92. The first-order valence-electron chi connectivity index (χ1n) is 12.9. The molecule has 4 rings (SSSR count). The van der Waals surface area contributed by atoms with Gasteiger partial charge in [-0.1, -0.05) is 23.7 Å². The second kappa shape index (κ2) is 13.0. The molecule has 0 radical (unpaired) electrons. The monoisotopic (exact) mass is 574 g/mol. The van der Waals surface area contributed by atoms with Gasteiger partial charge in [0.25, 0.3) is 5.91 Å². The lowest BCUT2D eigenvalue weighted by Crippen LogP contribution is -2.43. The average Bonchev–Trinajstić information content (AvgIpc) is 3.36. The Morgan fingerprint density at radius 1 is 1.15 bits per heavy atom. The summed E-state index contributed by atoms with van der Waals surface area (Å²) in [6, 6.07) is 13.6. The zero-order valence-corrected chi connectivity index (χ0v) is 24.1. The van der Waals surface area contributed by atoms with Gasteiger partial charge in [-0.2, -0.15) is 0 Å². The van der Waals surface area contributed by atoms with Crippen molar-refractivity contribution in [1.82, 2.24) is 19.4 Å². The molecule has 0 N–H and O–H groups in total. The van der Waals surface area contributed by atoms with E-state index in [2.05, 4.69) is 9.88 Å². The second-order valence-electron chi connectivity index (χ2n) is 9.79. The number of methoxy groups -OCH3 is 1. The Balaban J connectivity index is 1.62. The first-order chi connectivity index (χ1) is 18.7. The van der Waals surface area contributed by atoms with E-state index in [0.29, 0.717) is 53.9 Å². The number of aromatic nitrogens is 2. The molecule has 2 heterocycles. The fraction of sp³-hybridized carbons (Fsp3) is 0.429. The van der Waals surface area contributed by atoms with Crippen LogP contribution in [-0.4, -0.2) is 80.2 Å². The van der Waals surface area contributed by atoms with Crippen LogP contribution in [0.2, 0.25) is 5.02 Å². The van der Waals surface area contributed by atoms with Crippen LogP contribution in [0.3, 0.4) is 0 Å². The fourth-order valence-electron chi connectivity index (χ4n) is 4.64. The van der Waals surface area contributed by atoms with E-state index in [-0.39, 0.29) is 29.4 Å². The number of halogens is 1. The molecule has 1 aliphatic heterocycles. The van der Waals surface area contributed by atoms with Crippen molar-refractivity contribution < 1.29 is 22.7 Å². The fourth-order valence-corrected chi connectivity index (χ4v) is 6.44. The quantitative estimate of drug-likeness (QED) is 0.341. The van der Waals surface area contributed by atoms with Crippen LogP contribution in [0.4, 0.5) is 0 Å². The zero-order valence-electron chi connectivity index (χ0n) is 22.5. The van der Waals surface area contributed by atoms with Gasteiger partial charge in [-0.05, 0) is 55.8 Å². The summed E-state index contributed by atoms with van der Waals surface area (Å²) in [6.07, 6.45) is 1.56. The molecule has 210 valence electrons. The average molecular weight is 575 g/mol. The molecular weight excluding hydrogens is 540 g/mol. The number of morpholine rings is 1. The van der Waals surface area contributed by atoms with E-state index in [1.54, 1.807) is 71.3 Å². The van der Waals surface area contributed by atoms with Gasteiger partial charge in [0.1, 0.15) is 5.75 Å². The lowest BCUT2D eigenvalue weighted by atomic mass is 10.2. The minimum atomic E-state index is -3.78. The number of sulfone groups is 1. The molecule has 0 bridgehead atoms. The Morgan fingerprint density at radius 2 is 1.87 bits per heavy atom. The van der Waals surface area contributed by atoms with Crippen molar-refractivity contribution in [3.05, 3.63) is 76.6 Å². The molecule has 3 aromatic rings. The largest absolute Gasteiger partial charge is 0.497 e. The molecule has 1 saturated heterocycles. The molecule has 0 atom stereocenters. The van der Waals surface area contributed by atoms with Crippen LogP contribution >= 0.6 is 11.6 Å². The third kappa shape index (κ3) is 7.39. The van der Waals surface area contributed by atoms with Crippen LogP contribution in [0.15, 0.2) is 59.9 Å². The number of nitrogens with zero attached hydrogens (tertiary/aromatic N) is 4. The lowest BCUT2D eigenvalue weighted by molar-refractivity contribution is 0.0319. The summed E-state index contributed by atoms with van der Waals surface area (Å²) in [5.41, 5.74) is 1.77. The van der Waals surface area contributed by atoms with Gasteiger partial charge in [-0.25, -0.2) is 13.4 Å². The normalized spacial score (nSPS) is 14.5. The lowest BCUT2D eigenvalue weighted by Gasteiger charge is -2.30. The number of imidazole rings is 1. The van der Waals surface area contributed by atoms with Crippen LogP contribution in [0.5, 0.6) is 5.75 Å². The van der Waals surface area contributed by atoms with Gasteiger partial charge in [-0.15, -0.1) is 0 Å². The molecule has 0 aliphatic carbocycles. The van der Waals surface area contributed by atoms with E-state index >= 15 is 0 Å². The van der Waals surface area contributed by atoms with Gasteiger partial charge in [0.15, 0.2) is 0 Å². The first-order valence-corrected chi connectivity index (χ1v) is 15.0. The number of carbonyl (C=O) groups excluding carboxylic acids is 1. The van der Waals surface area contributed by atoms with Crippen molar-refractivity contribution in [2.75, 3.05) is 46.5 Å². The van der Waals surface area contributed by atoms with Crippen molar-refractivity contribution >= 4 is 27.3 Å². The number of rotatable bonds is 11. The van der Waals surface area contributed by atoms with Crippen molar-refractivity contribution in [2.45, 2.75) is 37.3 Å². The highest BCUT2D eigenvalue weighted by Crippen LogP contribution is 2.24. The summed E-state index contributed by atoms with van der Waals surface area (Å²) < 4.78 is 39.3. The Kier molecular flexibility index (Phi) is 9.66. The molecule has 11 heteroatoms. The van der Waals surface area contributed by atoms with Crippen molar-refractivity contribution in [2.24, 2.45) is 0 Å². The van der Waals surface area contributed by atoms with Crippen LogP contribution in [0, 0.1) is 0 Å². The second-order valence-corrected chi connectivity index (χ2v) is 12.1. The molecule has 9 nitrogen and oxygen atoms in total. The van der Waals surface area contributed by atoms with Gasteiger partial charge in [0.2, 0.25) is 15.0 Å². The van der Waals surface area contributed by atoms with Crippen molar-refractivity contribution in [3.63, 3.8) is 0 Å². The summed E-state index contributed by atoms with van der Waals surface area (Å²) in [6.45, 7) is 8.13. The third-order valence-electron chi connectivity index (χ3n) is 6.65. The maximum atomic E-state index is 13.7. The molecule has 1 aliphatic rings. The van der Waals surface area contributed by atoms with E-state index in [4.69, 9.17) is 21.1 Å². The molecule has 1 aromatic heterocycles. The Bertz CT molecular complexity index is 1370. The summed E-state index contributed by atoms with van der Waals surface area (Å²) in [5.74, 6) is 0.298. The number of hydrogen-bond donors (Lipinski definition) is 0. The molecule has 0 unspecified atom stereocenters. The zero-order chi connectivity index (χ0) is 28.0. The van der Waals surface area contributed by atoms with Gasteiger partial charge in [0, 0.05) is 42.8 Å². The number of ether oxygens (including phenoxy) is 2. The predicted molar refractivity (Wildman–Crippen MR) is 150 cm³/mol. The summed E-state index contributed by atoms with van der Waals surface area (Å²) in [7, 11) is -2.20. The first kappa shape index (κ1) is 29.1.